The molecular formula is C21H26N2O3. The van der Waals surface area contributed by atoms with Crippen molar-refractivity contribution in [2.75, 3.05) is 13.2 Å². The number of carbonyl (C=O) groups is 2. The van der Waals surface area contributed by atoms with Gasteiger partial charge in [0.15, 0.2) is 0 Å². The van der Waals surface area contributed by atoms with Gasteiger partial charge in [-0.1, -0.05) is 48.0 Å². The van der Waals surface area contributed by atoms with Gasteiger partial charge < -0.3 is 15.4 Å². The molecule has 0 bridgehead atoms. The van der Waals surface area contributed by atoms with Crippen LogP contribution in [0.15, 0.2) is 48.5 Å². The molecule has 0 heterocycles. The van der Waals surface area contributed by atoms with E-state index in [-0.39, 0.29) is 6.04 Å². The Kier molecular flexibility index (Phi) is 7.21. The number of benzene rings is 2. The lowest BCUT2D eigenvalue weighted by molar-refractivity contribution is -0.139. The Balaban J connectivity index is 1.90. The number of nitrogens with one attached hydrogen (secondary N) is 2. The van der Waals surface area contributed by atoms with E-state index in [4.69, 9.17) is 4.74 Å². The van der Waals surface area contributed by atoms with E-state index >= 15 is 0 Å². The molecule has 0 saturated carbocycles. The van der Waals surface area contributed by atoms with Gasteiger partial charge in [0.25, 0.3) is 0 Å². The van der Waals surface area contributed by atoms with Crippen molar-refractivity contribution in [3.05, 3.63) is 65.2 Å². The molecule has 0 aromatic heterocycles. The summed E-state index contributed by atoms with van der Waals surface area (Å²) in [6.07, 6.45) is 0.682. The second kappa shape index (κ2) is 9.61. The Morgan fingerprint density at radius 1 is 1.08 bits per heavy atom. The van der Waals surface area contributed by atoms with Gasteiger partial charge in [-0.2, -0.15) is 0 Å². The molecular weight excluding hydrogens is 328 g/mol. The minimum Gasteiger partial charge on any atom is -0.494 e. The summed E-state index contributed by atoms with van der Waals surface area (Å²) in [5.41, 5.74) is 3.04. The number of hydrogen-bond acceptors (Lipinski definition) is 3. The van der Waals surface area contributed by atoms with Crippen LogP contribution in [0.4, 0.5) is 0 Å². The zero-order valence-corrected chi connectivity index (χ0v) is 15.5. The molecule has 5 nitrogen and oxygen atoms in total. The number of ether oxygens (including phenoxy) is 1. The molecule has 2 N–H and O–H groups in total. The first-order valence-electron chi connectivity index (χ1n) is 8.87. The molecule has 138 valence electrons. The second-order valence-electron chi connectivity index (χ2n) is 6.16. The van der Waals surface area contributed by atoms with E-state index in [0.717, 1.165) is 22.4 Å². The van der Waals surface area contributed by atoms with E-state index in [2.05, 4.69) is 10.6 Å². The quantitative estimate of drug-likeness (QED) is 0.751. The van der Waals surface area contributed by atoms with E-state index < -0.39 is 11.8 Å². The fourth-order valence-corrected chi connectivity index (χ4v) is 2.68. The van der Waals surface area contributed by atoms with Gasteiger partial charge in [-0.05, 0) is 38.8 Å². The molecule has 2 rings (SSSR count). The average molecular weight is 354 g/mol. The van der Waals surface area contributed by atoms with Gasteiger partial charge in [-0.25, -0.2) is 0 Å². The largest absolute Gasteiger partial charge is 0.494 e. The molecule has 0 aliphatic rings. The first-order chi connectivity index (χ1) is 12.5. The van der Waals surface area contributed by atoms with E-state index in [1.807, 2.05) is 69.3 Å². The lowest BCUT2D eigenvalue weighted by atomic mass is 10.0. The molecule has 1 atom stereocenters. The molecule has 0 fully saturated rings. The van der Waals surface area contributed by atoms with Crippen LogP contribution in [0.25, 0.3) is 0 Å². The zero-order valence-electron chi connectivity index (χ0n) is 15.5. The molecule has 0 aliphatic carbocycles. The highest BCUT2D eigenvalue weighted by Crippen LogP contribution is 2.26. The first-order valence-corrected chi connectivity index (χ1v) is 8.87. The van der Waals surface area contributed by atoms with Gasteiger partial charge in [-0.3, -0.25) is 9.59 Å². The van der Waals surface area contributed by atoms with Crippen molar-refractivity contribution in [1.29, 1.82) is 0 Å². The lowest BCUT2D eigenvalue weighted by Gasteiger charge is -2.18. The Hall–Kier alpha value is -2.82. The molecule has 1 unspecified atom stereocenters. The third kappa shape index (κ3) is 5.62. The molecule has 0 saturated heterocycles. The van der Waals surface area contributed by atoms with Crippen LogP contribution in [0, 0.1) is 6.92 Å². The SMILES string of the molecule is CCOc1ccc(C)cc1C(C)NC(=O)C(=O)NCCc1ccccc1. The Morgan fingerprint density at radius 3 is 2.50 bits per heavy atom. The summed E-state index contributed by atoms with van der Waals surface area (Å²) in [6.45, 7) is 6.68. The van der Waals surface area contributed by atoms with Gasteiger partial charge in [-0.15, -0.1) is 0 Å². The van der Waals surface area contributed by atoms with Crippen molar-refractivity contribution < 1.29 is 14.3 Å². The summed E-state index contributed by atoms with van der Waals surface area (Å²) < 4.78 is 5.62. The summed E-state index contributed by atoms with van der Waals surface area (Å²) in [5, 5.41) is 5.40. The highest BCUT2D eigenvalue weighted by Gasteiger charge is 2.19. The molecule has 26 heavy (non-hydrogen) atoms. The lowest BCUT2D eigenvalue weighted by Crippen LogP contribution is -2.41. The highest BCUT2D eigenvalue weighted by atomic mass is 16.5. The predicted molar refractivity (Wildman–Crippen MR) is 102 cm³/mol. The normalized spacial score (nSPS) is 11.5. The monoisotopic (exact) mass is 354 g/mol. The third-order valence-electron chi connectivity index (χ3n) is 4.03. The number of hydrogen-bond donors (Lipinski definition) is 2. The van der Waals surface area contributed by atoms with Crippen molar-refractivity contribution in [3.8, 4) is 5.75 Å². The molecule has 0 aliphatic heterocycles. The van der Waals surface area contributed by atoms with Crippen LogP contribution in [0.3, 0.4) is 0 Å². The molecule has 2 amide bonds. The van der Waals surface area contributed by atoms with Crippen LogP contribution in [0.1, 0.15) is 36.6 Å². The number of amides is 2. The standard InChI is InChI=1S/C21H26N2O3/c1-4-26-19-11-10-15(2)14-18(19)16(3)23-21(25)20(24)22-13-12-17-8-6-5-7-9-17/h5-11,14,16H,4,12-13H2,1-3H3,(H,22,24)(H,23,25). The summed E-state index contributed by atoms with van der Waals surface area (Å²) >= 11 is 0. The maximum atomic E-state index is 12.2. The van der Waals surface area contributed by atoms with Crippen LogP contribution >= 0.6 is 0 Å². The molecule has 5 heteroatoms. The summed E-state index contributed by atoms with van der Waals surface area (Å²) in [4.78, 5) is 24.2. The molecule has 2 aromatic carbocycles. The van der Waals surface area contributed by atoms with E-state index in [9.17, 15) is 9.59 Å². The van der Waals surface area contributed by atoms with Crippen LogP contribution in [-0.2, 0) is 16.0 Å². The molecule has 0 radical (unpaired) electrons. The van der Waals surface area contributed by atoms with Crippen LogP contribution in [-0.4, -0.2) is 25.0 Å². The predicted octanol–water partition coefficient (Wildman–Crippen LogP) is 2.93. The van der Waals surface area contributed by atoms with Crippen LogP contribution in [0.5, 0.6) is 5.75 Å². The fraction of sp³-hybridized carbons (Fsp3) is 0.333. The number of carbonyl (C=O) groups excluding carboxylic acids is 2. The van der Waals surface area contributed by atoms with Gasteiger partial charge in [0.2, 0.25) is 0 Å². The van der Waals surface area contributed by atoms with Crippen molar-refractivity contribution in [3.63, 3.8) is 0 Å². The van der Waals surface area contributed by atoms with E-state index in [1.54, 1.807) is 0 Å². The summed E-state index contributed by atoms with van der Waals surface area (Å²) in [5.74, 6) is -0.553. The first kappa shape index (κ1) is 19.5. The third-order valence-corrected chi connectivity index (χ3v) is 4.03. The van der Waals surface area contributed by atoms with Crippen molar-refractivity contribution >= 4 is 11.8 Å². The minimum atomic E-state index is -0.644. The van der Waals surface area contributed by atoms with Crippen molar-refractivity contribution in [2.45, 2.75) is 33.2 Å². The van der Waals surface area contributed by atoms with Gasteiger partial charge >= 0.3 is 11.8 Å². The van der Waals surface area contributed by atoms with Gasteiger partial charge in [0.1, 0.15) is 5.75 Å². The highest BCUT2D eigenvalue weighted by molar-refractivity contribution is 6.35. The van der Waals surface area contributed by atoms with Crippen molar-refractivity contribution in [1.82, 2.24) is 10.6 Å². The molecule has 2 aromatic rings. The summed E-state index contributed by atoms with van der Waals surface area (Å²) in [7, 11) is 0. The molecule has 0 spiro atoms. The number of aryl methyl sites for hydroxylation is 1. The van der Waals surface area contributed by atoms with E-state index in [1.165, 1.54) is 0 Å². The topological polar surface area (TPSA) is 67.4 Å². The maximum Gasteiger partial charge on any atom is 0.309 e. The minimum absolute atomic E-state index is 0.330. The van der Waals surface area contributed by atoms with Crippen LogP contribution in [0.2, 0.25) is 0 Å². The van der Waals surface area contributed by atoms with E-state index in [0.29, 0.717) is 19.6 Å². The maximum absolute atomic E-state index is 12.2. The zero-order chi connectivity index (χ0) is 18.9. The second-order valence-corrected chi connectivity index (χ2v) is 6.16. The number of rotatable bonds is 7. The Bertz CT molecular complexity index is 744. The smallest absolute Gasteiger partial charge is 0.309 e. The van der Waals surface area contributed by atoms with Gasteiger partial charge in [0.05, 0.1) is 12.6 Å². The fourth-order valence-electron chi connectivity index (χ4n) is 2.68. The summed E-state index contributed by atoms with van der Waals surface area (Å²) in [6, 6.07) is 15.3. The van der Waals surface area contributed by atoms with Crippen LogP contribution < -0.4 is 15.4 Å². The van der Waals surface area contributed by atoms with Gasteiger partial charge in [0, 0.05) is 12.1 Å². The Morgan fingerprint density at radius 2 is 1.81 bits per heavy atom. The van der Waals surface area contributed by atoms with Crippen molar-refractivity contribution in [2.24, 2.45) is 0 Å². The Labute approximate surface area is 154 Å². The average Bonchev–Trinajstić information content (AvgIpc) is 2.64.